The second kappa shape index (κ2) is 9.61. The number of alkyl halides is 1. The van der Waals surface area contributed by atoms with E-state index in [4.69, 9.17) is 17.3 Å². The van der Waals surface area contributed by atoms with E-state index in [0.29, 0.717) is 13.0 Å². The van der Waals surface area contributed by atoms with Crippen molar-refractivity contribution in [3.05, 3.63) is 88.6 Å². The van der Waals surface area contributed by atoms with Gasteiger partial charge in [0.15, 0.2) is 0 Å². The van der Waals surface area contributed by atoms with Crippen molar-refractivity contribution in [3.8, 4) is 11.3 Å². The van der Waals surface area contributed by atoms with Crippen LogP contribution in [0.5, 0.6) is 0 Å². The zero-order chi connectivity index (χ0) is 23.7. The van der Waals surface area contributed by atoms with Crippen molar-refractivity contribution in [1.82, 2.24) is 14.8 Å². The second-order valence-electron chi connectivity index (χ2n) is 8.95. The van der Waals surface area contributed by atoms with E-state index in [-0.39, 0.29) is 12.7 Å². The highest BCUT2D eigenvalue weighted by Gasteiger charge is 2.21. The SMILES string of the molecule is Cc1ccccc1-c1c(Cl)c2c3cn[nH]c3ccc2n1Cc1ccc(CCC(N)CCF)cc1. The Balaban J connectivity index is 1.55. The molecule has 0 bridgehead atoms. The van der Waals surface area contributed by atoms with Crippen LogP contribution in [-0.2, 0) is 13.0 Å². The topological polar surface area (TPSA) is 59.6 Å². The summed E-state index contributed by atoms with van der Waals surface area (Å²) in [5, 5.41) is 10.1. The molecule has 4 nitrogen and oxygen atoms in total. The van der Waals surface area contributed by atoms with E-state index in [1.165, 1.54) is 16.7 Å². The number of hydrogen-bond acceptors (Lipinski definition) is 2. The minimum Gasteiger partial charge on any atom is -0.335 e. The molecule has 174 valence electrons. The van der Waals surface area contributed by atoms with Crippen LogP contribution in [0.1, 0.15) is 29.5 Å². The van der Waals surface area contributed by atoms with E-state index in [2.05, 4.69) is 76.3 Å². The van der Waals surface area contributed by atoms with Crippen LogP contribution in [-0.4, -0.2) is 27.5 Å². The third kappa shape index (κ3) is 4.22. The van der Waals surface area contributed by atoms with Gasteiger partial charge in [0, 0.05) is 28.9 Å². The summed E-state index contributed by atoms with van der Waals surface area (Å²) in [4.78, 5) is 0. The highest BCUT2D eigenvalue weighted by Crippen LogP contribution is 2.42. The van der Waals surface area contributed by atoms with Crippen LogP contribution in [0.2, 0.25) is 5.02 Å². The number of nitrogens with one attached hydrogen (secondary N) is 1. The van der Waals surface area contributed by atoms with E-state index < -0.39 is 0 Å². The highest BCUT2D eigenvalue weighted by atomic mass is 35.5. The Hall–Kier alpha value is -3.15. The number of hydrogen-bond donors (Lipinski definition) is 2. The van der Waals surface area contributed by atoms with Gasteiger partial charge in [-0.15, -0.1) is 0 Å². The Morgan fingerprint density at radius 1 is 1.03 bits per heavy atom. The summed E-state index contributed by atoms with van der Waals surface area (Å²) >= 11 is 7.09. The molecule has 3 N–H and O–H groups in total. The number of fused-ring (bicyclic) bond motifs is 3. The van der Waals surface area contributed by atoms with Crippen molar-refractivity contribution in [1.29, 1.82) is 0 Å². The molecule has 0 spiro atoms. The van der Waals surface area contributed by atoms with Crippen molar-refractivity contribution in [2.45, 2.75) is 38.8 Å². The molecule has 0 saturated carbocycles. The predicted molar refractivity (Wildman–Crippen MR) is 139 cm³/mol. The Labute approximate surface area is 203 Å². The van der Waals surface area contributed by atoms with Crippen LogP contribution in [0.15, 0.2) is 66.9 Å². The highest BCUT2D eigenvalue weighted by molar-refractivity contribution is 6.40. The summed E-state index contributed by atoms with van der Waals surface area (Å²) in [6.45, 7) is 2.45. The average molecular weight is 475 g/mol. The van der Waals surface area contributed by atoms with Gasteiger partial charge in [-0.25, -0.2) is 0 Å². The average Bonchev–Trinajstić information content (AvgIpc) is 3.42. The largest absolute Gasteiger partial charge is 0.335 e. The molecular weight excluding hydrogens is 447 g/mol. The number of benzene rings is 3. The molecule has 5 rings (SSSR count). The monoisotopic (exact) mass is 474 g/mol. The van der Waals surface area contributed by atoms with Gasteiger partial charge in [0.25, 0.3) is 0 Å². The smallest absolute Gasteiger partial charge is 0.0909 e. The Morgan fingerprint density at radius 2 is 1.79 bits per heavy atom. The summed E-state index contributed by atoms with van der Waals surface area (Å²) in [7, 11) is 0. The molecule has 6 heteroatoms. The molecule has 5 aromatic rings. The van der Waals surface area contributed by atoms with E-state index in [1.54, 1.807) is 0 Å². The van der Waals surface area contributed by atoms with Gasteiger partial charge in [-0.1, -0.05) is 60.1 Å². The molecule has 1 unspecified atom stereocenters. The van der Waals surface area contributed by atoms with Gasteiger partial charge in [0.2, 0.25) is 0 Å². The molecule has 1 atom stereocenters. The number of nitrogens with two attached hydrogens (primary N) is 1. The second-order valence-corrected chi connectivity index (χ2v) is 9.33. The van der Waals surface area contributed by atoms with Crippen molar-refractivity contribution in [2.24, 2.45) is 5.73 Å². The maximum Gasteiger partial charge on any atom is 0.0909 e. The fourth-order valence-corrected chi connectivity index (χ4v) is 5.12. The maximum absolute atomic E-state index is 12.5. The van der Waals surface area contributed by atoms with Crippen molar-refractivity contribution >= 4 is 33.4 Å². The van der Waals surface area contributed by atoms with Gasteiger partial charge in [0.05, 0.1) is 34.6 Å². The molecule has 34 heavy (non-hydrogen) atoms. The standard InChI is InChI=1S/C28H28ClFN4/c1-18-4-2-3-5-22(18)28-27(29)26-23-16-32-33-24(23)12-13-25(26)34(28)17-20-8-6-19(7-9-20)10-11-21(31)14-15-30/h2-9,12-13,16,21H,10-11,14-15,17,31H2,1H3,(H,32,33). The van der Waals surface area contributed by atoms with E-state index >= 15 is 0 Å². The first-order valence-corrected chi connectivity index (χ1v) is 12.0. The van der Waals surface area contributed by atoms with E-state index in [9.17, 15) is 4.39 Å². The van der Waals surface area contributed by atoms with Crippen LogP contribution in [0.4, 0.5) is 4.39 Å². The van der Waals surface area contributed by atoms with Crippen LogP contribution in [0.25, 0.3) is 33.1 Å². The summed E-state index contributed by atoms with van der Waals surface area (Å²) in [6, 6.07) is 21.0. The van der Waals surface area contributed by atoms with E-state index in [0.717, 1.165) is 50.9 Å². The number of halogens is 2. The number of aryl methyl sites for hydroxylation is 2. The molecule has 0 aliphatic rings. The van der Waals surface area contributed by atoms with Crippen LogP contribution >= 0.6 is 11.6 Å². The Morgan fingerprint density at radius 3 is 2.56 bits per heavy atom. The summed E-state index contributed by atoms with van der Waals surface area (Å²) in [5.74, 6) is 0. The minimum absolute atomic E-state index is 0.0884. The van der Waals surface area contributed by atoms with Crippen molar-refractivity contribution < 1.29 is 4.39 Å². The molecule has 0 aliphatic carbocycles. The predicted octanol–water partition coefficient (Wildman–Crippen LogP) is 6.81. The van der Waals surface area contributed by atoms with Gasteiger partial charge in [0.1, 0.15) is 0 Å². The lowest BCUT2D eigenvalue weighted by molar-refractivity contribution is 0.426. The normalized spacial score (nSPS) is 12.6. The number of nitrogens with zero attached hydrogens (tertiary/aromatic N) is 2. The first-order chi connectivity index (χ1) is 16.6. The van der Waals surface area contributed by atoms with Gasteiger partial charge in [-0.3, -0.25) is 9.49 Å². The fraction of sp³-hybridized carbons (Fsp3) is 0.250. The zero-order valence-corrected chi connectivity index (χ0v) is 19.9. The molecule has 2 aromatic heterocycles. The van der Waals surface area contributed by atoms with Crippen molar-refractivity contribution in [2.75, 3.05) is 6.67 Å². The van der Waals surface area contributed by atoms with Gasteiger partial charge in [-0.05, 0) is 55.0 Å². The number of rotatable bonds is 8. The van der Waals surface area contributed by atoms with E-state index in [1.807, 2.05) is 12.3 Å². The molecule has 3 aromatic carbocycles. The third-order valence-corrected chi connectivity index (χ3v) is 7.01. The summed E-state index contributed by atoms with van der Waals surface area (Å²) in [5.41, 5.74) is 13.7. The maximum atomic E-state index is 12.5. The van der Waals surface area contributed by atoms with Gasteiger partial charge in [-0.2, -0.15) is 5.10 Å². The lowest BCUT2D eigenvalue weighted by Gasteiger charge is -2.14. The lowest BCUT2D eigenvalue weighted by Crippen LogP contribution is -2.21. The number of H-pyrrole nitrogens is 1. The fourth-order valence-electron chi connectivity index (χ4n) is 4.72. The van der Waals surface area contributed by atoms with Crippen molar-refractivity contribution in [3.63, 3.8) is 0 Å². The number of aromatic amines is 1. The first-order valence-electron chi connectivity index (χ1n) is 11.7. The molecule has 0 aliphatic heterocycles. The van der Waals surface area contributed by atoms with Crippen LogP contribution < -0.4 is 5.73 Å². The molecule has 0 radical (unpaired) electrons. The summed E-state index contributed by atoms with van der Waals surface area (Å²) in [6.07, 6.45) is 3.91. The van der Waals surface area contributed by atoms with Gasteiger partial charge >= 0.3 is 0 Å². The zero-order valence-electron chi connectivity index (χ0n) is 19.2. The van der Waals surface area contributed by atoms with Gasteiger partial charge < -0.3 is 10.3 Å². The Bertz CT molecular complexity index is 1430. The third-order valence-electron chi connectivity index (χ3n) is 6.64. The molecule has 2 heterocycles. The first kappa shape index (κ1) is 22.6. The van der Waals surface area contributed by atoms with Crippen LogP contribution in [0, 0.1) is 6.92 Å². The van der Waals surface area contributed by atoms with Crippen LogP contribution in [0.3, 0.4) is 0 Å². The quantitative estimate of drug-likeness (QED) is 0.259. The lowest BCUT2D eigenvalue weighted by atomic mass is 10.0. The Kier molecular flexibility index (Phi) is 6.40. The number of aromatic nitrogens is 3. The molecule has 0 amide bonds. The molecular formula is C28H28ClFN4. The molecule has 0 fully saturated rings. The summed E-state index contributed by atoms with van der Waals surface area (Å²) < 4.78 is 14.8. The minimum atomic E-state index is -0.359. The molecule has 0 saturated heterocycles.